The molecule has 3 N–H and O–H groups in total. The smallest absolute Gasteiger partial charge is 0.407 e. The normalized spacial score (nSPS) is 17.5. The molecule has 0 aliphatic carbocycles. The minimum Gasteiger partial charge on any atom is -0.507 e. The molecule has 9 nitrogen and oxygen atoms in total. The Morgan fingerprint density at radius 1 is 1.06 bits per heavy atom. The maximum Gasteiger partial charge on any atom is 0.407 e. The van der Waals surface area contributed by atoms with Crippen LogP contribution in [0.3, 0.4) is 0 Å². The molecule has 2 aromatic carbocycles. The van der Waals surface area contributed by atoms with Gasteiger partial charge < -0.3 is 24.6 Å². The van der Waals surface area contributed by atoms with Crippen molar-refractivity contribution >= 4 is 34.5 Å². The largest absolute Gasteiger partial charge is 0.507 e. The minimum absolute atomic E-state index is 0.0287. The number of furan rings is 1. The molecule has 3 heterocycles. The van der Waals surface area contributed by atoms with Crippen LogP contribution in [0.5, 0.6) is 11.5 Å². The van der Waals surface area contributed by atoms with Gasteiger partial charge in [-0.2, -0.15) is 0 Å². The Morgan fingerprint density at radius 2 is 1.84 bits per heavy atom. The Kier molecular flexibility index (Phi) is 4.59. The summed E-state index contributed by atoms with van der Waals surface area (Å²) in [6.07, 6.45) is 0.709. The Hall–Kier alpha value is -3.85. The summed E-state index contributed by atoms with van der Waals surface area (Å²) in [5.41, 5.74) is 3.13. The van der Waals surface area contributed by atoms with Gasteiger partial charge in [0, 0.05) is 44.4 Å². The van der Waals surface area contributed by atoms with Gasteiger partial charge in [0.25, 0.3) is 0 Å². The van der Waals surface area contributed by atoms with Crippen LogP contribution in [-0.2, 0) is 6.54 Å². The van der Waals surface area contributed by atoms with Gasteiger partial charge in [-0.15, -0.1) is 10.2 Å². The van der Waals surface area contributed by atoms with Gasteiger partial charge >= 0.3 is 6.09 Å². The van der Waals surface area contributed by atoms with E-state index in [1.54, 1.807) is 12.1 Å². The first kappa shape index (κ1) is 19.1. The molecular formula is C22H20N4O5. The Bertz CT molecular complexity index is 1240. The van der Waals surface area contributed by atoms with Crippen LogP contribution in [0.15, 0.2) is 51.0 Å². The molecule has 0 atom stereocenters. The van der Waals surface area contributed by atoms with Crippen molar-refractivity contribution < 1.29 is 24.5 Å². The third-order valence-corrected chi connectivity index (χ3v) is 5.67. The number of nitrogens with zero attached hydrogens (tertiary/aromatic N) is 4. The van der Waals surface area contributed by atoms with E-state index in [1.165, 1.54) is 11.0 Å². The molecule has 0 radical (unpaired) electrons. The number of benzene rings is 2. The number of phenolic OH excluding ortho intramolecular Hbond substituents is 1. The van der Waals surface area contributed by atoms with Crippen molar-refractivity contribution in [2.75, 3.05) is 26.2 Å². The molecule has 1 fully saturated rings. The molecule has 9 heteroatoms. The summed E-state index contributed by atoms with van der Waals surface area (Å²) in [6.45, 7) is 2.27. The van der Waals surface area contributed by atoms with Crippen LogP contribution in [-0.4, -0.2) is 57.4 Å². The average Bonchev–Trinajstić information content (AvgIpc) is 3.32. The first-order valence-electron chi connectivity index (χ1n) is 9.90. The lowest BCUT2D eigenvalue weighted by Gasteiger charge is -2.33. The second-order valence-electron chi connectivity index (χ2n) is 7.55. The fraction of sp³-hybridized carbons (Fsp3) is 0.227. The maximum atomic E-state index is 11.1. The Morgan fingerprint density at radius 3 is 2.61 bits per heavy atom. The number of aromatic hydroxyl groups is 2. The van der Waals surface area contributed by atoms with E-state index in [0.29, 0.717) is 55.0 Å². The van der Waals surface area contributed by atoms with Crippen molar-refractivity contribution in [3.63, 3.8) is 0 Å². The highest BCUT2D eigenvalue weighted by atomic mass is 16.4. The van der Waals surface area contributed by atoms with E-state index in [4.69, 9.17) is 9.52 Å². The summed E-state index contributed by atoms with van der Waals surface area (Å²) >= 11 is 0. The second-order valence-corrected chi connectivity index (χ2v) is 7.55. The molecule has 2 aliphatic rings. The summed E-state index contributed by atoms with van der Waals surface area (Å²) in [6, 6.07) is 10.7. The fourth-order valence-electron chi connectivity index (χ4n) is 3.95. The summed E-state index contributed by atoms with van der Waals surface area (Å²) in [4.78, 5) is 14.5. The first-order valence-corrected chi connectivity index (χ1v) is 9.90. The third kappa shape index (κ3) is 3.38. The van der Waals surface area contributed by atoms with Gasteiger partial charge in [0.15, 0.2) is 11.5 Å². The number of piperazine rings is 1. The number of azo groups is 1. The summed E-state index contributed by atoms with van der Waals surface area (Å²) in [7, 11) is 0. The van der Waals surface area contributed by atoms with Crippen molar-refractivity contribution in [2.24, 2.45) is 10.2 Å². The lowest BCUT2D eigenvalue weighted by Crippen LogP contribution is -2.47. The van der Waals surface area contributed by atoms with Gasteiger partial charge in [-0.25, -0.2) is 4.79 Å². The van der Waals surface area contributed by atoms with Crippen molar-refractivity contribution in [2.45, 2.75) is 6.54 Å². The van der Waals surface area contributed by atoms with Crippen LogP contribution in [0.25, 0.3) is 22.7 Å². The monoisotopic (exact) mass is 420 g/mol. The van der Waals surface area contributed by atoms with Crippen molar-refractivity contribution in [3.05, 3.63) is 53.3 Å². The summed E-state index contributed by atoms with van der Waals surface area (Å²) in [5, 5.41) is 39.1. The predicted octanol–water partition coefficient (Wildman–Crippen LogP) is 4.24. The number of carbonyl (C=O) groups is 1. The summed E-state index contributed by atoms with van der Waals surface area (Å²) in [5.74, 6) is 0.272. The van der Waals surface area contributed by atoms with Gasteiger partial charge in [0.2, 0.25) is 0 Å². The van der Waals surface area contributed by atoms with E-state index >= 15 is 0 Å². The number of phenols is 1. The molecule has 0 unspecified atom stereocenters. The van der Waals surface area contributed by atoms with E-state index < -0.39 is 6.09 Å². The molecule has 0 bridgehead atoms. The van der Waals surface area contributed by atoms with Crippen LogP contribution < -0.4 is 0 Å². The number of rotatable bonds is 3. The molecule has 31 heavy (non-hydrogen) atoms. The van der Waals surface area contributed by atoms with Crippen LogP contribution in [0, 0.1) is 0 Å². The third-order valence-electron chi connectivity index (χ3n) is 5.67. The average molecular weight is 420 g/mol. The highest BCUT2D eigenvalue weighted by molar-refractivity contribution is 5.95. The van der Waals surface area contributed by atoms with Crippen LogP contribution in [0.2, 0.25) is 0 Å². The zero-order chi connectivity index (χ0) is 21.5. The van der Waals surface area contributed by atoms with Gasteiger partial charge in [-0.3, -0.25) is 4.90 Å². The number of hydrogen-bond donors (Lipinski definition) is 3. The highest BCUT2D eigenvalue weighted by Crippen LogP contribution is 2.42. The molecule has 1 saturated heterocycles. The van der Waals surface area contributed by atoms with E-state index in [-0.39, 0.29) is 17.3 Å². The molecule has 3 aromatic rings. The van der Waals surface area contributed by atoms with Gasteiger partial charge in [0.1, 0.15) is 11.3 Å². The summed E-state index contributed by atoms with van der Waals surface area (Å²) < 4.78 is 5.97. The van der Waals surface area contributed by atoms with Gasteiger partial charge in [-0.05, 0) is 18.2 Å². The predicted molar refractivity (Wildman–Crippen MR) is 113 cm³/mol. The minimum atomic E-state index is -0.927. The molecule has 5 rings (SSSR count). The van der Waals surface area contributed by atoms with E-state index in [0.717, 1.165) is 11.3 Å². The molecule has 158 valence electrons. The zero-order valence-corrected chi connectivity index (χ0v) is 16.5. The van der Waals surface area contributed by atoms with E-state index in [9.17, 15) is 15.0 Å². The first-order chi connectivity index (χ1) is 15.0. The lowest BCUT2D eigenvalue weighted by molar-refractivity contribution is 0.102. The molecule has 0 saturated carbocycles. The van der Waals surface area contributed by atoms with Gasteiger partial charge in [-0.1, -0.05) is 18.2 Å². The fourth-order valence-corrected chi connectivity index (χ4v) is 3.95. The highest BCUT2D eigenvalue weighted by Gasteiger charge is 2.24. The topological polar surface area (TPSA) is 122 Å². The Balaban J connectivity index is 1.47. The van der Waals surface area contributed by atoms with Crippen molar-refractivity contribution in [3.8, 4) is 11.5 Å². The van der Waals surface area contributed by atoms with Crippen LogP contribution in [0.4, 0.5) is 10.5 Å². The molecule has 1 aromatic heterocycles. The number of fused-ring (bicyclic) bond motifs is 2. The van der Waals surface area contributed by atoms with Crippen LogP contribution in [0.1, 0.15) is 16.9 Å². The number of hydrogen-bond acceptors (Lipinski definition) is 7. The maximum absolute atomic E-state index is 11.1. The Labute approximate surface area is 177 Å². The molecule has 0 spiro atoms. The van der Waals surface area contributed by atoms with Crippen LogP contribution >= 0.6 is 0 Å². The van der Waals surface area contributed by atoms with Crippen molar-refractivity contribution in [1.82, 2.24) is 9.80 Å². The zero-order valence-electron chi connectivity index (χ0n) is 16.5. The SMILES string of the molecule is O=C(O)N1CCN(Cc2c(O)ccc3c(O)c(C=C4N=Nc5ccccc54)oc23)CC1. The van der Waals surface area contributed by atoms with E-state index in [1.807, 2.05) is 29.2 Å². The quantitative estimate of drug-likeness (QED) is 0.583. The van der Waals surface area contributed by atoms with Crippen molar-refractivity contribution in [1.29, 1.82) is 0 Å². The van der Waals surface area contributed by atoms with Gasteiger partial charge in [0.05, 0.1) is 22.3 Å². The lowest BCUT2D eigenvalue weighted by atomic mass is 10.1. The number of amides is 1. The van der Waals surface area contributed by atoms with E-state index in [2.05, 4.69) is 10.2 Å². The molecule has 1 amide bonds. The molecule has 2 aliphatic heterocycles. The standard InChI is InChI=1S/C22H20N4O5/c27-18-6-5-14-20(28)19(11-17-13-3-1-2-4-16(13)23-24-17)31-21(14)15(18)12-25-7-9-26(10-8-25)22(29)30/h1-6,11,27-28H,7-10,12H2,(H,29,30). The second kappa shape index (κ2) is 7.44. The molecular weight excluding hydrogens is 400 g/mol. The number of carboxylic acid groups (broad SMARTS) is 1.